The van der Waals surface area contributed by atoms with Gasteiger partial charge < -0.3 is 26.8 Å². The maximum absolute atomic E-state index is 14.1. The van der Waals surface area contributed by atoms with Gasteiger partial charge in [0.2, 0.25) is 5.88 Å². The Morgan fingerprint density at radius 2 is 1.87 bits per heavy atom. The van der Waals surface area contributed by atoms with Gasteiger partial charge in [0.1, 0.15) is 23.3 Å². The zero-order chi connectivity index (χ0) is 23.1. The van der Waals surface area contributed by atoms with E-state index in [4.69, 9.17) is 16.2 Å². The van der Waals surface area contributed by atoms with Gasteiger partial charge in [0.25, 0.3) is 0 Å². The number of nitrogens with two attached hydrogens (primary N) is 2. The molecule has 1 atom stereocenters. The molecular formula is C21H29FN8O. The van der Waals surface area contributed by atoms with Crippen LogP contribution in [0.2, 0.25) is 0 Å². The first-order valence-corrected chi connectivity index (χ1v) is 9.67. The molecule has 2 heterocycles. The highest BCUT2D eigenvalue weighted by atomic mass is 19.1. The van der Waals surface area contributed by atoms with Crippen LogP contribution in [0.5, 0.6) is 5.88 Å². The van der Waals surface area contributed by atoms with E-state index in [1.807, 2.05) is 13.0 Å². The van der Waals surface area contributed by atoms with Crippen LogP contribution >= 0.6 is 0 Å². The molecule has 0 saturated carbocycles. The van der Waals surface area contributed by atoms with E-state index in [1.54, 1.807) is 13.1 Å². The molecule has 0 aromatic carbocycles. The Morgan fingerprint density at radius 1 is 1.16 bits per heavy atom. The lowest BCUT2D eigenvalue weighted by molar-refractivity contribution is 0.369. The number of pyridine rings is 2. The molecule has 0 radical (unpaired) electrons. The summed E-state index contributed by atoms with van der Waals surface area (Å²) in [5.41, 5.74) is 13.6. The summed E-state index contributed by atoms with van der Waals surface area (Å²) in [6.45, 7) is 11.3. The maximum Gasteiger partial charge on any atom is 0.250 e. The maximum atomic E-state index is 14.1. The molecule has 0 spiro atoms. The summed E-state index contributed by atoms with van der Waals surface area (Å²) in [4.78, 5) is 16.7. The zero-order valence-corrected chi connectivity index (χ0v) is 18.4. The fourth-order valence-electron chi connectivity index (χ4n) is 2.86. The Balaban J connectivity index is 2.49. The minimum absolute atomic E-state index is 0.0202. The summed E-state index contributed by atoms with van der Waals surface area (Å²) < 4.78 is 18.9. The third-order valence-corrected chi connectivity index (χ3v) is 4.12. The molecule has 1 unspecified atom stereocenters. The third kappa shape index (κ3) is 6.75. The molecule has 2 rings (SSSR count). The molecule has 0 amide bonds. The number of halogens is 1. The molecule has 2 aromatic heterocycles. The van der Waals surface area contributed by atoms with E-state index in [2.05, 4.69) is 51.0 Å². The van der Waals surface area contributed by atoms with Gasteiger partial charge in [0.05, 0.1) is 24.6 Å². The molecule has 0 fully saturated rings. The number of rotatable bonds is 8. The van der Waals surface area contributed by atoms with E-state index in [1.165, 1.54) is 19.4 Å². The number of nitrogens with zero attached hydrogens (tertiary/aromatic N) is 4. The molecular weight excluding hydrogens is 399 g/mol. The highest BCUT2D eigenvalue weighted by molar-refractivity contribution is 6.08. The topological polar surface area (TPSA) is 136 Å². The average Bonchev–Trinajstić information content (AvgIpc) is 2.67. The van der Waals surface area contributed by atoms with Crippen LogP contribution in [0, 0.1) is 5.82 Å². The fraction of sp³-hybridized carbons (Fsp3) is 0.333. The molecule has 0 bridgehead atoms. The molecule has 9 nitrogen and oxygen atoms in total. The molecule has 166 valence electrons. The third-order valence-electron chi connectivity index (χ3n) is 4.12. The largest absolute Gasteiger partial charge is 0.479 e. The zero-order valence-electron chi connectivity index (χ0n) is 18.4. The molecule has 0 aliphatic rings. The monoisotopic (exact) mass is 428 g/mol. The summed E-state index contributed by atoms with van der Waals surface area (Å²) in [5, 5.41) is 6.45. The Morgan fingerprint density at radius 3 is 2.45 bits per heavy atom. The lowest BCUT2D eigenvalue weighted by atomic mass is 10.1. The van der Waals surface area contributed by atoms with Crippen LogP contribution in [0.1, 0.15) is 44.9 Å². The predicted molar refractivity (Wildman–Crippen MR) is 122 cm³/mol. The number of ether oxygens (including phenoxy) is 1. The van der Waals surface area contributed by atoms with Gasteiger partial charge in [-0.25, -0.2) is 24.3 Å². The van der Waals surface area contributed by atoms with Crippen molar-refractivity contribution in [2.45, 2.75) is 39.8 Å². The second-order valence-corrected chi connectivity index (χ2v) is 7.20. The molecule has 0 saturated heterocycles. The second kappa shape index (κ2) is 10.5. The lowest BCUT2D eigenvalue weighted by Crippen LogP contribution is -2.27. The number of anilines is 2. The summed E-state index contributed by atoms with van der Waals surface area (Å²) in [5.74, 6) is 0.301. The highest BCUT2D eigenvalue weighted by Gasteiger charge is 2.15. The van der Waals surface area contributed by atoms with Gasteiger partial charge in [0, 0.05) is 24.3 Å². The van der Waals surface area contributed by atoms with Crippen LogP contribution in [0.25, 0.3) is 0 Å². The standard InChI is InChI=1S/C21H29FN8O/c1-11(2)27-12(3)15-7-17(19(24)29-14(5)28-13(4)23)20(25-9-15)30-16-8-18(22)21(31-6)26-10-16/h7-12,27H,4,23H2,1-3,5-6H3,(H,25,30)(H2,24,28,29). The molecule has 0 aliphatic carbocycles. The van der Waals surface area contributed by atoms with Crippen molar-refractivity contribution < 1.29 is 9.13 Å². The average molecular weight is 429 g/mol. The van der Waals surface area contributed by atoms with Gasteiger partial charge >= 0.3 is 0 Å². The first-order chi connectivity index (χ1) is 14.6. The predicted octanol–water partition coefficient (Wildman–Crippen LogP) is 2.98. The Labute approximate surface area is 181 Å². The van der Waals surface area contributed by atoms with Gasteiger partial charge in [0.15, 0.2) is 5.82 Å². The van der Waals surface area contributed by atoms with Crippen molar-refractivity contribution in [1.82, 2.24) is 15.3 Å². The van der Waals surface area contributed by atoms with Crippen molar-refractivity contribution in [3.63, 3.8) is 0 Å². The molecule has 31 heavy (non-hydrogen) atoms. The Bertz CT molecular complexity index is 1000. The van der Waals surface area contributed by atoms with Gasteiger partial charge in [-0.05, 0) is 25.5 Å². The number of aromatic nitrogens is 2. The fourth-order valence-corrected chi connectivity index (χ4v) is 2.86. The number of hydrogen-bond acceptors (Lipinski definition) is 7. The first-order valence-electron chi connectivity index (χ1n) is 9.67. The van der Waals surface area contributed by atoms with Crippen molar-refractivity contribution in [2.24, 2.45) is 21.5 Å². The summed E-state index contributed by atoms with van der Waals surface area (Å²) in [7, 11) is 1.35. The molecule has 6 N–H and O–H groups in total. The van der Waals surface area contributed by atoms with Crippen LogP contribution in [-0.4, -0.2) is 34.8 Å². The number of aliphatic imine (C=N–C) groups is 2. The van der Waals surface area contributed by atoms with E-state index in [9.17, 15) is 4.39 Å². The quantitative estimate of drug-likeness (QED) is 0.375. The van der Waals surface area contributed by atoms with Crippen LogP contribution in [0.3, 0.4) is 0 Å². The number of methoxy groups -OCH3 is 1. The summed E-state index contributed by atoms with van der Waals surface area (Å²) >= 11 is 0. The van der Waals surface area contributed by atoms with Crippen molar-refractivity contribution in [2.75, 3.05) is 12.4 Å². The van der Waals surface area contributed by atoms with E-state index < -0.39 is 5.82 Å². The normalized spacial score (nSPS) is 13.3. The van der Waals surface area contributed by atoms with Gasteiger partial charge in [-0.3, -0.25) is 0 Å². The Kier molecular flexibility index (Phi) is 8.03. The van der Waals surface area contributed by atoms with Gasteiger partial charge in [-0.2, -0.15) is 0 Å². The lowest BCUT2D eigenvalue weighted by Gasteiger charge is -2.19. The minimum atomic E-state index is -0.605. The summed E-state index contributed by atoms with van der Waals surface area (Å²) in [6.07, 6.45) is 3.15. The van der Waals surface area contributed by atoms with Crippen molar-refractivity contribution >= 4 is 23.2 Å². The van der Waals surface area contributed by atoms with Crippen molar-refractivity contribution in [1.29, 1.82) is 0 Å². The van der Waals surface area contributed by atoms with Crippen LogP contribution in [-0.2, 0) is 0 Å². The van der Waals surface area contributed by atoms with E-state index in [0.29, 0.717) is 22.9 Å². The smallest absolute Gasteiger partial charge is 0.250 e. The number of nitrogens with one attached hydrogen (secondary N) is 2. The highest BCUT2D eigenvalue weighted by Crippen LogP contribution is 2.24. The molecule has 0 aliphatic heterocycles. The van der Waals surface area contributed by atoms with Crippen LogP contribution in [0.15, 0.2) is 46.9 Å². The van der Waals surface area contributed by atoms with E-state index in [-0.39, 0.29) is 29.6 Å². The van der Waals surface area contributed by atoms with E-state index in [0.717, 1.165) is 5.56 Å². The second-order valence-electron chi connectivity index (χ2n) is 7.20. The molecule has 10 heteroatoms. The number of hydrogen-bond donors (Lipinski definition) is 4. The van der Waals surface area contributed by atoms with Gasteiger partial charge in [-0.1, -0.05) is 20.4 Å². The Hall–Kier alpha value is -3.53. The minimum Gasteiger partial charge on any atom is -0.479 e. The van der Waals surface area contributed by atoms with Crippen molar-refractivity contribution in [3.8, 4) is 5.88 Å². The number of amidine groups is 2. The van der Waals surface area contributed by atoms with Gasteiger partial charge in [-0.15, -0.1) is 0 Å². The van der Waals surface area contributed by atoms with E-state index >= 15 is 0 Å². The SMILES string of the molecule is C=C(N)/N=C(C)\N=C(/N)c1cc(C(C)NC(C)C)cnc1Nc1cnc(OC)c(F)c1. The van der Waals surface area contributed by atoms with Crippen LogP contribution in [0.4, 0.5) is 15.9 Å². The van der Waals surface area contributed by atoms with Crippen molar-refractivity contribution in [3.05, 3.63) is 53.9 Å². The van der Waals surface area contributed by atoms with Crippen LogP contribution < -0.4 is 26.8 Å². The molecule has 2 aromatic rings. The first kappa shape index (κ1) is 23.7. The summed E-state index contributed by atoms with van der Waals surface area (Å²) in [6, 6.07) is 3.42.